The number of aryl methyl sites for hydroxylation is 1. The van der Waals surface area contributed by atoms with Crippen molar-refractivity contribution in [3.63, 3.8) is 0 Å². The second-order valence-corrected chi connectivity index (χ2v) is 6.05. The minimum atomic E-state index is -4.41. The zero-order valence-corrected chi connectivity index (χ0v) is 15.6. The third-order valence-corrected chi connectivity index (χ3v) is 3.73. The van der Waals surface area contributed by atoms with E-state index >= 15 is 0 Å². The first-order chi connectivity index (χ1) is 9.34. The number of esters is 1. The number of carbonyl (C=O) groups is 1. The number of ether oxygens (including phenoxy) is 1. The molecule has 0 aliphatic rings. The zero-order valence-electron chi connectivity index (χ0n) is 13.8. The van der Waals surface area contributed by atoms with Crippen LogP contribution in [-0.2, 0) is 21.3 Å². The van der Waals surface area contributed by atoms with E-state index in [1.54, 1.807) is 6.07 Å². The molecule has 0 saturated carbocycles. The van der Waals surface area contributed by atoms with Crippen LogP contribution in [0.2, 0.25) is 0 Å². The number of hydrogen-bond acceptors (Lipinski definition) is 4. The van der Waals surface area contributed by atoms with Gasteiger partial charge in [0, 0.05) is 6.92 Å². The van der Waals surface area contributed by atoms with Gasteiger partial charge in [-0.25, -0.2) is 0 Å². The summed E-state index contributed by atoms with van der Waals surface area (Å²) in [7, 11) is -4.41. The monoisotopic (exact) mass is 324 g/mol. The summed E-state index contributed by atoms with van der Waals surface area (Å²) >= 11 is 0. The molecule has 0 unspecified atom stereocenters. The minimum Gasteiger partial charge on any atom is -1.00 e. The fraction of sp³-hybridized carbons (Fsp3) is 0.500. The Morgan fingerprint density at radius 1 is 1.29 bits per heavy atom. The second-order valence-electron chi connectivity index (χ2n) is 4.66. The molecule has 1 N–H and O–H groups in total. The predicted octanol–water partition coefficient (Wildman–Crippen LogP) is 0.0979. The molecule has 21 heavy (non-hydrogen) atoms. The van der Waals surface area contributed by atoms with Crippen LogP contribution in [0.3, 0.4) is 0 Å². The molecular weight excluding hydrogens is 303 g/mol. The molecule has 114 valence electrons. The molecule has 5 nitrogen and oxygen atoms in total. The van der Waals surface area contributed by atoms with Crippen molar-refractivity contribution in [3.8, 4) is 5.75 Å². The molecule has 0 radical (unpaired) electrons. The van der Waals surface area contributed by atoms with Crippen LogP contribution < -0.4 is 34.3 Å². The van der Waals surface area contributed by atoms with E-state index < -0.39 is 16.1 Å². The van der Waals surface area contributed by atoms with Gasteiger partial charge >= 0.3 is 35.5 Å². The normalized spacial score (nSPS) is 10.8. The van der Waals surface area contributed by atoms with Crippen LogP contribution in [0.25, 0.3) is 0 Å². The largest absolute Gasteiger partial charge is 1.00 e. The fourth-order valence-corrected chi connectivity index (χ4v) is 2.57. The smallest absolute Gasteiger partial charge is 1.00 e. The number of unbranched alkanes of at least 4 members (excludes halogenated alkanes) is 3. The van der Waals surface area contributed by atoms with Crippen molar-refractivity contribution in [2.75, 3.05) is 0 Å². The quantitative estimate of drug-likeness (QED) is 0.253. The van der Waals surface area contributed by atoms with E-state index in [1.165, 1.54) is 19.1 Å². The van der Waals surface area contributed by atoms with Crippen LogP contribution in [0.5, 0.6) is 5.75 Å². The Labute approximate surface area is 149 Å². The molecule has 0 amide bonds. The average Bonchev–Trinajstić information content (AvgIpc) is 2.34. The Morgan fingerprint density at radius 2 is 1.95 bits per heavy atom. The molecule has 0 fully saturated rings. The molecule has 1 aromatic rings. The van der Waals surface area contributed by atoms with Crippen molar-refractivity contribution >= 4 is 16.1 Å². The third kappa shape index (κ3) is 7.42. The summed E-state index contributed by atoms with van der Waals surface area (Å²) in [5.74, 6) is -0.775. The molecule has 0 atom stereocenters. The molecule has 7 heteroatoms. The Bertz CT molecular complexity index is 575. The van der Waals surface area contributed by atoms with Gasteiger partial charge in [0.05, 0.1) is 0 Å². The van der Waals surface area contributed by atoms with Gasteiger partial charge in [-0.05, 0) is 30.5 Å². The van der Waals surface area contributed by atoms with Gasteiger partial charge in [0.2, 0.25) is 0 Å². The van der Waals surface area contributed by atoms with Crippen LogP contribution in [0.1, 0.15) is 46.5 Å². The molecule has 1 aromatic carbocycles. The second kappa shape index (κ2) is 9.58. The van der Waals surface area contributed by atoms with E-state index in [-0.39, 0.29) is 41.6 Å². The van der Waals surface area contributed by atoms with Gasteiger partial charge in [0.15, 0.2) is 5.75 Å². The summed E-state index contributed by atoms with van der Waals surface area (Å²) < 4.78 is 36.6. The predicted molar refractivity (Wildman–Crippen MR) is 76.5 cm³/mol. The molecule has 0 aliphatic carbocycles. The van der Waals surface area contributed by atoms with Gasteiger partial charge in [0.25, 0.3) is 10.1 Å². The maximum absolute atomic E-state index is 11.3. The molecule has 0 heterocycles. The Kier molecular flexibility index (Phi) is 9.40. The maximum atomic E-state index is 11.3. The third-order valence-electron chi connectivity index (χ3n) is 2.86. The van der Waals surface area contributed by atoms with Crippen molar-refractivity contribution in [2.24, 2.45) is 0 Å². The Hall–Kier alpha value is -0.400. The molecule has 0 saturated heterocycles. The summed E-state index contributed by atoms with van der Waals surface area (Å²) in [6, 6.07) is 4.47. The standard InChI is InChI=1S/C14H20O5S.Na.H/c1-3-4-5-6-7-12-8-9-13(19-11(2)15)14(10-12)20(16,17)18;;/h8-10H,3-7H2,1-2H3,(H,16,17,18);;/q;+1;-1. The van der Waals surface area contributed by atoms with Crippen LogP contribution in [0.4, 0.5) is 0 Å². The molecule has 1 rings (SSSR count). The van der Waals surface area contributed by atoms with Gasteiger partial charge in [0.1, 0.15) is 4.90 Å². The van der Waals surface area contributed by atoms with E-state index in [0.717, 1.165) is 37.7 Å². The van der Waals surface area contributed by atoms with Crippen molar-refractivity contribution in [1.29, 1.82) is 0 Å². The number of hydrogen-bond donors (Lipinski definition) is 1. The van der Waals surface area contributed by atoms with E-state index in [1.807, 2.05) is 0 Å². The summed E-state index contributed by atoms with van der Waals surface area (Å²) in [4.78, 5) is 10.6. The van der Waals surface area contributed by atoms with E-state index in [9.17, 15) is 17.8 Å². The van der Waals surface area contributed by atoms with Crippen molar-refractivity contribution in [2.45, 2.75) is 50.8 Å². The maximum Gasteiger partial charge on any atom is 1.00 e. The first-order valence-corrected chi connectivity index (χ1v) is 8.07. The molecule has 0 spiro atoms. The topological polar surface area (TPSA) is 80.7 Å². The number of benzene rings is 1. The van der Waals surface area contributed by atoms with Crippen molar-refractivity contribution in [3.05, 3.63) is 23.8 Å². The average molecular weight is 324 g/mol. The van der Waals surface area contributed by atoms with Gasteiger partial charge in [-0.2, -0.15) is 8.42 Å². The van der Waals surface area contributed by atoms with Crippen LogP contribution in [0.15, 0.2) is 23.1 Å². The van der Waals surface area contributed by atoms with Crippen LogP contribution in [0, 0.1) is 0 Å². The zero-order chi connectivity index (χ0) is 15.2. The van der Waals surface area contributed by atoms with E-state index in [0.29, 0.717) is 0 Å². The number of rotatable bonds is 7. The fourth-order valence-electron chi connectivity index (χ4n) is 1.90. The van der Waals surface area contributed by atoms with Crippen LogP contribution in [-0.4, -0.2) is 18.9 Å². The SMILES string of the molecule is CCCCCCc1ccc(OC(C)=O)c(S(=O)(=O)O)c1.[H-].[Na+]. The van der Waals surface area contributed by atoms with Crippen LogP contribution >= 0.6 is 0 Å². The molecule has 0 aliphatic heterocycles. The van der Waals surface area contributed by atoms with E-state index in [2.05, 4.69) is 6.92 Å². The molecular formula is C14H21NaO5S. The van der Waals surface area contributed by atoms with Crippen molar-refractivity contribution in [1.82, 2.24) is 0 Å². The Morgan fingerprint density at radius 3 is 2.48 bits per heavy atom. The first-order valence-electron chi connectivity index (χ1n) is 6.63. The van der Waals surface area contributed by atoms with Crippen molar-refractivity contribution < 1.29 is 53.5 Å². The first kappa shape index (κ1) is 20.6. The van der Waals surface area contributed by atoms with Gasteiger partial charge in [-0.15, -0.1) is 0 Å². The summed E-state index contributed by atoms with van der Waals surface area (Å²) in [5, 5.41) is 0. The van der Waals surface area contributed by atoms with E-state index in [4.69, 9.17) is 4.74 Å². The van der Waals surface area contributed by atoms with Gasteiger partial charge in [-0.3, -0.25) is 9.35 Å². The molecule has 0 aromatic heterocycles. The summed E-state index contributed by atoms with van der Waals surface area (Å²) in [6.07, 6.45) is 5.01. The Balaban J connectivity index is 0. The van der Waals surface area contributed by atoms with Gasteiger partial charge in [-0.1, -0.05) is 32.3 Å². The molecule has 0 bridgehead atoms. The minimum absolute atomic E-state index is 0. The van der Waals surface area contributed by atoms with Gasteiger partial charge < -0.3 is 6.16 Å². The summed E-state index contributed by atoms with van der Waals surface area (Å²) in [6.45, 7) is 3.29. The summed E-state index contributed by atoms with van der Waals surface area (Å²) in [5.41, 5.74) is 0.796. The number of carbonyl (C=O) groups excluding carboxylic acids is 1.